The van der Waals surface area contributed by atoms with E-state index in [-0.39, 0.29) is 35.5 Å². The highest BCUT2D eigenvalue weighted by Gasteiger charge is 2.50. The van der Waals surface area contributed by atoms with E-state index in [0.29, 0.717) is 24.2 Å². The number of hydrogen-bond acceptors (Lipinski definition) is 6. The first-order valence-corrected chi connectivity index (χ1v) is 22.6. The second-order valence-corrected chi connectivity index (χ2v) is 18.2. The number of carbonyl (C=O) groups is 2. The highest BCUT2D eigenvalue weighted by atomic mass is 32.1. The molecule has 4 fully saturated rings. The van der Waals surface area contributed by atoms with Crippen LogP contribution in [0.5, 0.6) is 0 Å². The van der Waals surface area contributed by atoms with Gasteiger partial charge in [-0.3, -0.25) is 19.4 Å². The highest BCUT2D eigenvalue weighted by Crippen LogP contribution is 2.48. The van der Waals surface area contributed by atoms with E-state index in [1.807, 2.05) is 0 Å². The van der Waals surface area contributed by atoms with Crippen LogP contribution in [0.3, 0.4) is 0 Å². The summed E-state index contributed by atoms with van der Waals surface area (Å²) in [7, 11) is 4.45. The maximum Gasteiger partial charge on any atom is 0.225 e. The van der Waals surface area contributed by atoms with Gasteiger partial charge in [0.1, 0.15) is 0 Å². The number of unbranched alkanes of at least 4 members (excludes halogenated alkanes) is 5. The Morgan fingerprint density at radius 1 is 0.556 bits per heavy atom. The summed E-state index contributed by atoms with van der Waals surface area (Å²) in [4.78, 5) is 32.6. The molecule has 4 aliphatic rings. The van der Waals surface area contributed by atoms with E-state index in [4.69, 9.17) is 0 Å². The minimum Gasteiger partial charge on any atom is -0.356 e. The van der Waals surface area contributed by atoms with Gasteiger partial charge in [0.2, 0.25) is 11.8 Å². The molecule has 4 unspecified atom stereocenters. The molecule has 2 aromatic carbocycles. The SMILES string of the molecule is CN1C2CCC1[C@@H](C(=O)NCCCCCCCCNC(=O)[C@H]1C3CCC(C[C@@H]1c1ccc(-c4ccsc4)cc1)N3C)[C@@H](c1ccc(-c3ccsc3)cc1)C2. The zero-order valence-corrected chi connectivity index (χ0v) is 33.8. The summed E-state index contributed by atoms with van der Waals surface area (Å²) in [6.07, 6.45) is 13.4. The Morgan fingerprint density at radius 3 is 1.35 bits per heavy atom. The first-order valence-electron chi connectivity index (χ1n) is 20.7. The summed E-state index contributed by atoms with van der Waals surface area (Å²) in [6, 6.07) is 24.2. The van der Waals surface area contributed by atoms with Gasteiger partial charge in [0, 0.05) is 37.3 Å². The van der Waals surface area contributed by atoms with Crippen LogP contribution in [0.1, 0.15) is 100 Å². The number of nitrogens with zero attached hydrogens (tertiary/aromatic N) is 2. The Kier molecular flexibility index (Phi) is 12.0. The van der Waals surface area contributed by atoms with Crippen molar-refractivity contribution in [3.05, 3.63) is 93.3 Å². The normalized spacial score (nSPS) is 28.0. The fourth-order valence-corrected chi connectivity index (χ4v) is 12.0. The molecule has 4 aliphatic heterocycles. The Hall–Kier alpha value is -3.30. The summed E-state index contributed by atoms with van der Waals surface area (Å²) < 4.78 is 0. The van der Waals surface area contributed by atoms with Crippen LogP contribution in [0.25, 0.3) is 22.3 Å². The van der Waals surface area contributed by atoms with E-state index < -0.39 is 0 Å². The maximum absolute atomic E-state index is 13.8. The summed E-state index contributed by atoms with van der Waals surface area (Å²) in [6.45, 7) is 1.51. The van der Waals surface area contributed by atoms with Crippen LogP contribution in [-0.4, -0.2) is 73.0 Å². The first-order chi connectivity index (χ1) is 26.5. The molecular weight excluding hydrogens is 705 g/mol. The quantitative estimate of drug-likeness (QED) is 0.119. The standard InChI is InChI=1S/C46H58N4O2S2/c1-49-37-17-19-41(49)43(39(27-37)33-13-9-31(10-14-33)35-21-25-53-29-35)45(51)47-23-7-5-3-4-6-8-24-48-46(52)44-40(28-38-18-20-42(44)50(38)2)34-15-11-32(12-16-34)36-22-26-54-30-36/h9-16,21-22,25-26,29-30,37-44H,3-8,17-20,23-24,27-28H2,1-2H3,(H,47,51)(H,48,52)/t37?,38?,39-,40-,41?,42?,43-,44+/m1/s1. The van der Waals surface area contributed by atoms with Gasteiger partial charge in [0.05, 0.1) is 11.8 Å². The van der Waals surface area contributed by atoms with E-state index in [1.54, 1.807) is 22.7 Å². The Bertz CT molecular complexity index is 1670. The number of piperidine rings is 2. The van der Waals surface area contributed by atoms with Gasteiger partial charge in [-0.15, -0.1) is 0 Å². The second kappa shape index (κ2) is 17.2. The number of thiophene rings is 2. The molecule has 286 valence electrons. The third-order valence-corrected chi connectivity index (χ3v) is 15.1. The fraction of sp³-hybridized carbons (Fsp3) is 0.522. The van der Waals surface area contributed by atoms with Crippen molar-refractivity contribution in [2.45, 2.75) is 113 Å². The molecule has 4 aromatic rings. The number of hydrogen-bond donors (Lipinski definition) is 2. The largest absolute Gasteiger partial charge is 0.356 e. The van der Waals surface area contributed by atoms with Crippen molar-refractivity contribution in [2.75, 3.05) is 27.2 Å². The first kappa shape index (κ1) is 37.6. The summed E-state index contributed by atoms with van der Waals surface area (Å²) in [5.41, 5.74) is 7.67. The van der Waals surface area contributed by atoms with Gasteiger partial charge in [-0.05, 0) is 144 Å². The lowest BCUT2D eigenvalue weighted by Crippen LogP contribution is -2.51. The summed E-state index contributed by atoms with van der Waals surface area (Å²) in [5.74, 6) is 1.05. The van der Waals surface area contributed by atoms with Crippen LogP contribution in [0, 0.1) is 11.8 Å². The lowest BCUT2D eigenvalue weighted by Gasteiger charge is -2.42. The molecule has 0 aliphatic carbocycles. The molecule has 4 bridgehead atoms. The highest BCUT2D eigenvalue weighted by molar-refractivity contribution is 7.08. The zero-order chi connectivity index (χ0) is 37.0. The number of benzene rings is 2. The Morgan fingerprint density at radius 2 is 0.963 bits per heavy atom. The lowest BCUT2D eigenvalue weighted by molar-refractivity contribution is -0.130. The molecule has 2 N–H and O–H groups in total. The van der Waals surface area contributed by atoms with Crippen LogP contribution in [0.15, 0.2) is 82.2 Å². The smallest absolute Gasteiger partial charge is 0.225 e. The van der Waals surface area contributed by atoms with E-state index in [9.17, 15) is 9.59 Å². The third kappa shape index (κ3) is 8.00. The van der Waals surface area contributed by atoms with Gasteiger partial charge in [0.25, 0.3) is 0 Å². The van der Waals surface area contributed by atoms with Crippen LogP contribution < -0.4 is 10.6 Å². The number of amides is 2. The monoisotopic (exact) mass is 762 g/mol. The van der Waals surface area contributed by atoms with Crippen LogP contribution in [-0.2, 0) is 9.59 Å². The maximum atomic E-state index is 13.8. The number of nitrogens with one attached hydrogen (secondary N) is 2. The van der Waals surface area contributed by atoms with Crippen molar-refractivity contribution < 1.29 is 9.59 Å². The van der Waals surface area contributed by atoms with Crippen molar-refractivity contribution in [3.63, 3.8) is 0 Å². The number of rotatable bonds is 15. The Balaban J connectivity index is 0.757. The number of carbonyl (C=O) groups excluding carboxylic acids is 2. The van der Waals surface area contributed by atoms with Gasteiger partial charge >= 0.3 is 0 Å². The number of fused-ring (bicyclic) bond motifs is 4. The second-order valence-electron chi connectivity index (χ2n) is 16.6. The molecule has 0 radical (unpaired) electrons. The molecule has 8 rings (SSSR count). The molecule has 54 heavy (non-hydrogen) atoms. The van der Waals surface area contributed by atoms with E-state index in [1.165, 1.54) is 59.1 Å². The van der Waals surface area contributed by atoms with Crippen molar-refractivity contribution in [1.82, 2.24) is 20.4 Å². The molecule has 6 nitrogen and oxygen atoms in total. The van der Waals surface area contributed by atoms with Crippen molar-refractivity contribution in [2.24, 2.45) is 11.8 Å². The lowest BCUT2D eigenvalue weighted by atomic mass is 9.75. The van der Waals surface area contributed by atoms with Gasteiger partial charge in [0.15, 0.2) is 0 Å². The predicted octanol–water partition coefficient (Wildman–Crippen LogP) is 9.55. The molecule has 4 saturated heterocycles. The molecule has 6 heterocycles. The van der Waals surface area contributed by atoms with Crippen LogP contribution >= 0.6 is 22.7 Å². The molecular formula is C46H58N4O2S2. The van der Waals surface area contributed by atoms with Gasteiger partial charge < -0.3 is 10.6 Å². The van der Waals surface area contributed by atoms with E-state index in [2.05, 4.69) is 117 Å². The van der Waals surface area contributed by atoms with E-state index >= 15 is 0 Å². The minimum absolute atomic E-state index is 0.00673. The molecule has 8 heteroatoms. The zero-order valence-electron chi connectivity index (χ0n) is 32.1. The molecule has 2 amide bonds. The topological polar surface area (TPSA) is 64.7 Å². The van der Waals surface area contributed by atoms with Gasteiger partial charge in [-0.1, -0.05) is 74.2 Å². The summed E-state index contributed by atoms with van der Waals surface area (Å²) >= 11 is 3.46. The van der Waals surface area contributed by atoms with Crippen LogP contribution in [0.2, 0.25) is 0 Å². The molecule has 0 spiro atoms. The van der Waals surface area contributed by atoms with Gasteiger partial charge in [-0.2, -0.15) is 22.7 Å². The van der Waals surface area contributed by atoms with Crippen molar-refractivity contribution in [3.8, 4) is 22.3 Å². The molecule has 8 atom stereocenters. The third-order valence-electron chi connectivity index (χ3n) is 13.7. The molecule has 2 aromatic heterocycles. The summed E-state index contributed by atoms with van der Waals surface area (Å²) in [5, 5.41) is 15.4. The average Bonchev–Trinajstić information content (AvgIpc) is 4.01. The molecule has 0 saturated carbocycles. The van der Waals surface area contributed by atoms with Crippen molar-refractivity contribution in [1.29, 1.82) is 0 Å². The van der Waals surface area contributed by atoms with Crippen molar-refractivity contribution >= 4 is 34.5 Å². The minimum atomic E-state index is 0.00673. The predicted molar refractivity (Wildman–Crippen MR) is 224 cm³/mol. The fourth-order valence-electron chi connectivity index (χ4n) is 10.7. The van der Waals surface area contributed by atoms with Gasteiger partial charge in [-0.25, -0.2) is 0 Å². The van der Waals surface area contributed by atoms with Crippen LogP contribution in [0.4, 0.5) is 0 Å². The van der Waals surface area contributed by atoms with E-state index in [0.717, 1.165) is 64.5 Å². The Labute approximate surface area is 330 Å². The average molecular weight is 763 g/mol.